The Labute approximate surface area is 108 Å². The van der Waals surface area contributed by atoms with Gasteiger partial charge in [-0.25, -0.2) is 10.8 Å². The Morgan fingerprint density at radius 3 is 2.68 bits per heavy atom. The molecule has 0 fully saturated rings. The van der Waals surface area contributed by atoms with Gasteiger partial charge in [0.25, 0.3) is 0 Å². The molecule has 0 amide bonds. The number of hydrogen-bond acceptors (Lipinski definition) is 6. The van der Waals surface area contributed by atoms with E-state index in [9.17, 15) is 13.2 Å². The van der Waals surface area contributed by atoms with Gasteiger partial charge in [-0.15, -0.1) is 0 Å². The Hall–Kier alpha value is -1.61. The Balaban J connectivity index is 2.67. The second-order valence-electron chi connectivity index (χ2n) is 3.58. The second kappa shape index (κ2) is 7.10. The number of hydrogen-bond donors (Lipinski definition) is 3. The van der Waals surface area contributed by atoms with E-state index in [-0.39, 0.29) is 11.8 Å². The van der Waals surface area contributed by atoms with Crippen LogP contribution in [-0.2, 0) is 10.9 Å². The minimum atomic E-state index is -4.55. The maximum absolute atomic E-state index is 12.6. The monoisotopic (exact) mass is 279 g/mol. The minimum absolute atomic E-state index is 0.0618. The number of halogens is 3. The van der Waals surface area contributed by atoms with E-state index in [0.717, 1.165) is 6.07 Å². The van der Waals surface area contributed by atoms with E-state index in [1.165, 1.54) is 0 Å². The number of rotatable bonds is 7. The third kappa shape index (κ3) is 5.26. The van der Waals surface area contributed by atoms with E-state index in [0.29, 0.717) is 26.2 Å². The van der Waals surface area contributed by atoms with Crippen molar-refractivity contribution in [2.24, 2.45) is 5.84 Å². The van der Waals surface area contributed by atoms with E-state index >= 15 is 0 Å². The highest BCUT2D eigenvalue weighted by Crippen LogP contribution is 2.29. The van der Waals surface area contributed by atoms with Crippen LogP contribution in [0.5, 0.6) is 0 Å². The first kappa shape index (κ1) is 15.4. The summed E-state index contributed by atoms with van der Waals surface area (Å²) in [5.74, 6) is 4.81. The lowest BCUT2D eigenvalue weighted by Crippen LogP contribution is -2.17. The summed E-state index contributed by atoms with van der Waals surface area (Å²) in [6.45, 7) is 3.45. The molecule has 0 aliphatic carbocycles. The fourth-order valence-electron chi connectivity index (χ4n) is 1.28. The highest BCUT2D eigenvalue weighted by atomic mass is 19.4. The van der Waals surface area contributed by atoms with Crippen LogP contribution in [0, 0.1) is 0 Å². The zero-order valence-corrected chi connectivity index (χ0v) is 10.4. The van der Waals surface area contributed by atoms with Gasteiger partial charge < -0.3 is 10.1 Å². The number of hydrazine groups is 1. The quantitative estimate of drug-likeness (QED) is 0.399. The third-order valence-corrected chi connectivity index (χ3v) is 2.12. The van der Waals surface area contributed by atoms with E-state index in [1.54, 1.807) is 0 Å². The number of alkyl halides is 3. The molecule has 6 nitrogen and oxygen atoms in total. The largest absolute Gasteiger partial charge is 0.433 e. The standard InChI is InChI=1S/C10H16F3N5O/c1-2-19-5-3-4-15-8-6-7(10(11,12)13)16-9(17-8)18-14/h6H,2-5,14H2,1H3,(H2,15,16,17,18). The summed E-state index contributed by atoms with van der Waals surface area (Å²) in [5, 5.41) is 2.76. The lowest BCUT2D eigenvalue weighted by Gasteiger charge is -2.11. The number of nitrogens with one attached hydrogen (secondary N) is 2. The molecule has 1 heterocycles. The van der Waals surface area contributed by atoms with Crippen LogP contribution in [0.3, 0.4) is 0 Å². The van der Waals surface area contributed by atoms with Crippen molar-refractivity contribution >= 4 is 11.8 Å². The van der Waals surface area contributed by atoms with Gasteiger partial charge in [-0.05, 0) is 13.3 Å². The van der Waals surface area contributed by atoms with Gasteiger partial charge in [0.1, 0.15) is 5.82 Å². The van der Waals surface area contributed by atoms with Crippen LogP contribution < -0.4 is 16.6 Å². The number of anilines is 2. The smallest absolute Gasteiger partial charge is 0.382 e. The summed E-state index contributed by atoms with van der Waals surface area (Å²) in [4.78, 5) is 7.03. The molecule has 0 aliphatic heterocycles. The first-order chi connectivity index (χ1) is 8.97. The average Bonchev–Trinajstić information content (AvgIpc) is 2.37. The normalized spacial score (nSPS) is 11.4. The van der Waals surface area contributed by atoms with Crippen LogP contribution in [0.15, 0.2) is 6.07 Å². The Kier molecular flexibility index (Phi) is 5.77. The fourth-order valence-corrected chi connectivity index (χ4v) is 1.28. The third-order valence-electron chi connectivity index (χ3n) is 2.12. The highest BCUT2D eigenvalue weighted by molar-refractivity contribution is 5.42. The first-order valence-corrected chi connectivity index (χ1v) is 5.72. The zero-order chi connectivity index (χ0) is 14.3. The van der Waals surface area contributed by atoms with Crippen molar-refractivity contribution in [1.29, 1.82) is 0 Å². The lowest BCUT2D eigenvalue weighted by atomic mass is 10.3. The molecule has 1 rings (SSSR count). The highest BCUT2D eigenvalue weighted by Gasteiger charge is 2.33. The maximum Gasteiger partial charge on any atom is 0.433 e. The van der Waals surface area contributed by atoms with Gasteiger partial charge in [0.15, 0.2) is 5.69 Å². The van der Waals surface area contributed by atoms with Crippen LogP contribution in [0.1, 0.15) is 19.0 Å². The molecular weight excluding hydrogens is 263 g/mol. The lowest BCUT2D eigenvalue weighted by molar-refractivity contribution is -0.141. The molecule has 19 heavy (non-hydrogen) atoms. The number of nitrogen functional groups attached to an aromatic ring is 1. The molecule has 9 heteroatoms. The van der Waals surface area contributed by atoms with Crippen LogP contribution in [0.4, 0.5) is 24.9 Å². The van der Waals surface area contributed by atoms with Crippen molar-refractivity contribution in [3.63, 3.8) is 0 Å². The fraction of sp³-hybridized carbons (Fsp3) is 0.600. The molecule has 0 bridgehead atoms. The van der Waals surface area contributed by atoms with E-state index in [1.807, 2.05) is 12.3 Å². The van der Waals surface area contributed by atoms with Crippen molar-refractivity contribution < 1.29 is 17.9 Å². The minimum Gasteiger partial charge on any atom is -0.382 e. The average molecular weight is 279 g/mol. The number of nitrogens with zero attached hydrogens (tertiary/aromatic N) is 2. The number of ether oxygens (including phenoxy) is 1. The van der Waals surface area contributed by atoms with Crippen LogP contribution in [-0.4, -0.2) is 29.7 Å². The predicted octanol–water partition coefficient (Wildman–Crippen LogP) is 1.62. The molecule has 0 radical (unpaired) electrons. The molecule has 4 N–H and O–H groups in total. The molecule has 0 spiro atoms. The predicted molar refractivity (Wildman–Crippen MR) is 64.4 cm³/mol. The topological polar surface area (TPSA) is 85.1 Å². The molecule has 0 saturated carbocycles. The molecular formula is C10H16F3N5O. The molecule has 0 unspecified atom stereocenters. The molecule has 0 aromatic carbocycles. The maximum atomic E-state index is 12.6. The Morgan fingerprint density at radius 2 is 2.11 bits per heavy atom. The molecule has 1 aromatic rings. The molecule has 0 aliphatic rings. The van der Waals surface area contributed by atoms with Crippen molar-refractivity contribution in [2.75, 3.05) is 30.5 Å². The van der Waals surface area contributed by atoms with E-state index in [2.05, 4.69) is 15.3 Å². The van der Waals surface area contributed by atoms with Crippen LogP contribution in [0.25, 0.3) is 0 Å². The summed E-state index contributed by atoms with van der Waals surface area (Å²) in [5.41, 5.74) is 0.951. The second-order valence-corrected chi connectivity index (χ2v) is 3.58. The van der Waals surface area contributed by atoms with Crippen LogP contribution in [0.2, 0.25) is 0 Å². The number of aromatic nitrogens is 2. The molecule has 0 saturated heterocycles. The van der Waals surface area contributed by atoms with Gasteiger partial charge in [0.05, 0.1) is 0 Å². The molecule has 108 valence electrons. The van der Waals surface area contributed by atoms with Gasteiger partial charge in [0.2, 0.25) is 5.95 Å². The van der Waals surface area contributed by atoms with Crippen molar-refractivity contribution in [3.8, 4) is 0 Å². The summed E-state index contributed by atoms with van der Waals surface area (Å²) >= 11 is 0. The number of nitrogens with two attached hydrogens (primary N) is 1. The first-order valence-electron chi connectivity index (χ1n) is 5.72. The zero-order valence-electron chi connectivity index (χ0n) is 10.4. The van der Waals surface area contributed by atoms with Gasteiger partial charge >= 0.3 is 6.18 Å². The molecule has 0 atom stereocenters. The summed E-state index contributed by atoms with van der Waals surface area (Å²) in [7, 11) is 0. The Morgan fingerprint density at radius 1 is 1.37 bits per heavy atom. The SMILES string of the molecule is CCOCCCNc1cc(C(F)(F)F)nc(NN)n1. The van der Waals surface area contributed by atoms with Gasteiger partial charge in [-0.1, -0.05) is 0 Å². The molecule has 1 aromatic heterocycles. The summed E-state index contributed by atoms with van der Waals surface area (Å²) in [6, 6.07) is 0.835. The summed E-state index contributed by atoms with van der Waals surface area (Å²) < 4.78 is 42.8. The summed E-state index contributed by atoms with van der Waals surface area (Å²) in [6.07, 6.45) is -3.89. The van der Waals surface area contributed by atoms with Crippen molar-refractivity contribution in [2.45, 2.75) is 19.5 Å². The van der Waals surface area contributed by atoms with Crippen molar-refractivity contribution in [3.05, 3.63) is 11.8 Å². The van der Waals surface area contributed by atoms with Gasteiger partial charge in [-0.2, -0.15) is 18.2 Å². The van der Waals surface area contributed by atoms with Crippen molar-refractivity contribution in [1.82, 2.24) is 9.97 Å². The van der Waals surface area contributed by atoms with Gasteiger partial charge in [0, 0.05) is 25.8 Å². The van der Waals surface area contributed by atoms with E-state index in [4.69, 9.17) is 10.6 Å². The Bertz CT molecular complexity index is 399. The van der Waals surface area contributed by atoms with Gasteiger partial charge in [-0.3, -0.25) is 5.43 Å². The van der Waals surface area contributed by atoms with Crippen LogP contribution >= 0.6 is 0 Å². The van der Waals surface area contributed by atoms with E-state index < -0.39 is 11.9 Å².